The van der Waals surface area contributed by atoms with E-state index < -0.39 is 5.91 Å². The minimum Gasteiger partial charge on any atom is -0.451 e. The molecule has 0 spiro atoms. The molecule has 0 radical (unpaired) electrons. The van der Waals surface area contributed by atoms with E-state index in [0.717, 1.165) is 5.56 Å². The Kier molecular flexibility index (Phi) is 4.97. The van der Waals surface area contributed by atoms with Gasteiger partial charge < -0.3 is 9.73 Å². The van der Waals surface area contributed by atoms with Crippen LogP contribution in [0.25, 0.3) is 11.0 Å². The van der Waals surface area contributed by atoms with Crippen LogP contribution in [0.3, 0.4) is 0 Å². The van der Waals surface area contributed by atoms with Crippen molar-refractivity contribution in [3.05, 3.63) is 94.9 Å². The first kappa shape index (κ1) is 17.7. The molecule has 0 aliphatic carbocycles. The minimum absolute atomic E-state index is 0.00890. The number of fused-ring (bicyclic) bond motifs is 1. The fourth-order valence-electron chi connectivity index (χ4n) is 3.06. The second-order valence-corrected chi connectivity index (χ2v) is 6.36. The van der Waals surface area contributed by atoms with Gasteiger partial charge in [-0.25, -0.2) is 4.98 Å². The standard InChI is InChI=1S/C21H18N4O3/c26-18-12-20(28-19-9-5-4-8-16(18)19)21(27)24-17(15-6-2-1-3-7-15)10-11-25-14-22-13-23-25/h1-9,12-14,17H,10-11H2,(H,24,27)/t17-/m0/s1. The van der Waals surface area contributed by atoms with Crippen molar-refractivity contribution < 1.29 is 9.21 Å². The van der Waals surface area contributed by atoms with E-state index in [0.29, 0.717) is 23.9 Å². The number of rotatable bonds is 6. The lowest BCUT2D eigenvalue weighted by molar-refractivity contribution is 0.0905. The van der Waals surface area contributed by atoms with Crippen LogP contribution in [0.15, 0.2) is 82.5 Å². The van der Waals surface area contributed by atoms with Crippen molar-refractivity contribution in [1.29, 1.82) is 0 Å². The molecule has 7 nitrogen and oxygen atoms in total. The molecular weight excluding hydrogens is 356 g/mol. The highest BCUT2D eigenvalue weighted by Crippen LogP contribution is 2.19. The van der Waals surface area contributed by atoms with Crippen LogP contribution in [-0.2, 0) is 6.54 Å². The number of amides is 1. The zero-order chi connectivity index (χ0) is 19.3. The lowest BCUT2D eigenvalue weighted by atomic mass is 10.0. The van der Waals surface area contributed by atoms with Gasteiger partial charge in [0.1, 0.15) is 18.2 Å². The molecule has 7 heteroatoms. The largest absolute Gasteiger partial charge is 0.451 e. The number of carbonyl (C=O) groups excluding carboxylic acids is 1. The maximum Gasteiger partial charge on any atom is 0.287 e. The van der Waals surface area contributed by atoms with Gasteiger partial charge in [0.25, 0.3) is 5.91 Å². The lowest BCUT2D eigenvalue weighted by Gasteiger charge is -2.19. The quantitative estimate of drug-likeness (QED) is 0.560. The summed E-state index contributed by atoms with van der Waals surface area (Å²) in [6.45, 7) is 0.585. The summed E-state index contributed by atoms with van der Waals surface area (Å²) < 4.78 is 7.36. The summed E-state index contributed by atoms with van der Waals surface area (Å²) in [6.07, 6.45) is 3.71. The number of aryl methyl sites for hydroxylation is 1. The van der Waals surface area contributed by atoms with Gasteiger partial charge in [-0.2, -0.15) is 5.10 Å². The van der Waals surface area contributed by atoms with E-state index >= 15 is 0 Å². The van der Waals surface area contributed by atoms with E-state index in [1.807, 2.05) is 30.3 Å². The van der Waals surface area contributed by atoms with Gasteiger partial charge in [-0.15, -0.1) is 0 Å². The molecule has 0 aliphatic heterocycles. The third-order valence-electron chi connectivity index (χ3n) is 4.48. The van der Waals surface area contributed by atoms with Crippen molar-refractivity contribution >= 4 is 16.9 Å². The van der Waals surface area contributed by atoms with Gasteiger partial charge in [0.2, 0.25) is 0 Å². The molecule has 0 saturated heterocycles. The van der Waals surface area contributed by atoms with Gasteiger partial charge in [0, 0.05) is 12.6 Å². The molecule has 2 aromatic carbocycles. The molecule has 0 bridgehead atoms. The van der Waals surface area contributed by atoms with Gasteiger partial charge in [-0.3, -0.25) is 14.3 Å². The first-order valence-corrected chi connectivity index (χ1v) is 8.92. The number of hydrogen-bond acceptors (Lipinski definition) is 5. The van der Waals surface area contributed by atoms with Crippen LogP contribution >= 0.6 is 0 Å². The fourth-order valence-corrected chi connectivity index (χ4v) is 3.06. The average molecular weight is 374 g/mol. The van der Waals surface area contributed by atoms with Crippen LogP contribution in [0.2, 0.25) is 0 Å². The monoisotopic (exact) mass is 374 g/mol. The minimum atomic E-state index is -0.435. The van der Waals surface area contributed by atoms with Crippen LogP contribution in [0, 0.1) is 0 Å². The highest BCUT2D eigenvalue weighted by atomic mass is 16.3. The Labute approximate surface area is 160 Å². The molecule has 0 unspecified atom stereocenters. The van der Waals surface area contributed by atoms with Crippen molar-refractivity contribution in [2.24, 2.45) is 0 Å². The first-order valence-electron chi connectivity index (χ1n) is 8.92. The predicted molar refractivity (Wildman–Crippen MR) is 104 cm³/mol. The second-order valence-electron chi connectivity index (χ2n) is 6.36. The van der Waals surface area contributed by atoms with Crippen LogP contribution in [0.1, 0.15) is 28.6 Å². The summed E-state index contributed by atoms with van der Waals surface area (Å²) in [5, 5.41) is 7.52. The highest BCUT2D eigenvalue weighted by molar-refractivity contribution is 5.93. The third kappa shape index (κ3) is 3.83. The Bertz CT molecular complexity index is 1140. The summed E-state index contributed by atoms with van der Waals surface area (Å²) >= 11 is 0. The summed E-state index contributed by atoms with van der Waals surface area (Å²) in [6, 6.07) is 17.5. The SMILES string of the molecule is O=C(N[C@@H](CCn1cncn1)c1ccccc1)c1cc(=O)c2ccccc2o1. The van der Waals surface area contributed by atoms with Crippen molar-refractivity contribution in [2.45, 2.75) is 19.0 Å². The molecule has 140 valence electrons. The molecule has 1 amide bonds. The van der Waals surface area contributed by atoms with E-state index in [2.05, 4.69) is 15.4 Å². The topological polar surface area (TPSA) is 90.0 Å². The molecule has 0 fully saturated rings. The number of para-hydroxylation sites is 1. The molecule has 4 rings (SSSR count). The molecule has 2 aromatic heterocycles. The molecule has 1 N–H and O–H groups in total. The van der Waals surface area contributed by atoms with Crippen LogP contribution in [0.4, 0.5) is 0 Å². The molecule has 0 saturated carbocycles. The number of aromatic nitrogens is 3. The van der Waals surface area contributed by atoms with Gasteiger partial charge in [-0.1, -0.05) is 42.5 Å². The van der Waals surface area contributed by atoms with Gasteiger partial charge in [0.15, 0.2) is 11.2 Å². The highest BCUT2D eigenvalue weighted by Gasteiger charge is 2.19. The first-order chi connectivity index (χ1) is 13.7. The van der Waals surface area contributed by atoms with Crippen molar-refractivity contribution in [2.75, 3.05) is 0 Å². The van der Waals surface area contributed by atoms with E-state index in [1.54, 1.807) is 35.3 Å². The van der Waals surface area contributed by atoms with E-state index in [1.165, 1.54) is 12.4 Å². The normalized spacial score (nSPS) is 12.0. The van der Waals surface area contributed by atoms with Crippen molar-refractivity contribution in [1.82, 2.24) is 20.1 Å². The van der Waals surface area contributed by atoms with E-state index in [9.17, 15) is 9.59 Å². The average Bonchev–Trinajstić information content (AvgIpc) is 3.25. The van der Waals surface area contributed by atoms with Gasteiger partial charge in [0.05, 0.1) is 11.4 Å². The van der Waals surface area contributed by atoms with Crippen molar-refractivity contribution in [3.8, 4) is 0 Å². The second kappa shape index (κ2) is 7.87. The van der Waals surface area contributed by atoms with Crippen LogP contribution < -0.4 is 10.7 Å². The zero-order valence-electron chi connectivity index (χ0n) is 15.0. The Morgan fingerprint density at radius 1 is 1.11 bits per heavy atom. The molecule has 1 atom stereocenters. The fraction of sp³-hybridized carbons (Fsp3) is 0.143. The molecule has 0 aliphatic rings. The number of benzene rings is 2. The Balaban J connectivity index is 1.59. The number of nitrogens with one attached hydrogen (secondary N) is 1. The third-order valence-corrected chi connectivity index (χ3v) is 4.48. The predicted octanol–water partition coefficient (Wildman–Crippen LogP) is 2.95. The van der Waals surface area contributed by atoms with Crippen LogP contribution in [-0.4, -0.2) is 20.7 Å². The number of nitrogens with zero attached hydrogens (tertiary/aromatic N) is 3. The molecule has 4 aromatic rings. The molecule has 2 heterocycles. The molecule has 28 heavy (non-hydrogen) atoms. The number of hydrogen-bond donors (Lipinski definition) is 1. The summed E-state index contributed by atoms with van der Waals surface area (Å²) in [4.78, 5) is 29.0. The summed E-state index contributed by atoms with van der Waals surface area (Å²) in [5.74, 6) is -0.444. The smallest absolute Gasteiger partial charge is 0.287 e. The zero-order valence-corrected chi connectivity index (χ0v) is 15.0. The van der Waals surface area contributed by atoms with Gasteiger partial charge >= 0.3 is 0 Å². The maximum atomic E-state index is 12.8. The van der Waals surface area contributed by atoms with E-state index in [-0.39, 0.29) is 17.2 Å². The Morgan fingerprint density at radius 2 is 1.89 bits per heavy atom. The van der Waals surface area contributed by atoms with Crippen LogP contribution in [0.5, 0.6) is 0 Å². The summed E-state index contributed by atoms with van der Waals surface area (Å²) in [7, 11) is 0. The van der Waals surface area contributed by atoms with E-state index in [4.69, 9.17) is 4.42 Å². The number of carbonyl (C=O) groups is 1. The maximum absolute atomic E-state index is 12.8. The summed E-state index contributed by atoms with van der Waals surface area (Å²) in [5.41, 5.74) is 1.10. The van der Waals surface area contributed by atoms with Gasteiger partial charge in [-0.05, 0) is 24.1 Å². The Morgan fingerprint density at radius 3 is 2.68 bits per heavy atom. The molecular formula is C21H18N4O3. The Hall–Kier alpha value is -3.74. The van der Waals surface area contributed by atoms with Crippen molar-refractivity contribution in [3.63, 3.8) is 0 Å². The lowest BCUT2D eigenvalue weighted by Crippen LogP contribution is -2.30.